The van der Waals surface area contributed by atoms with Gasteiger partial charge in [0.2, 0.25) is 0 Å². The number of pyridine rings is 1. The molecule has 150 valence electrons. The maximum atomic E-state index is 6.11. The first kappa shape index (κ1) is 20.4. The predicted molar refractivity (Wildman–Crippen MR) is 121 cm³/mol. The molecule has 1 aromatic heterocycles. The Hall–Kier alpha value is -1.91. The molecule has 1 aliphatic rings. The molecule has 2 heterocycles. The Morgan fingerprint density at radius 2 is 1.69 bits per heavy atom. The number of nitrogens with zero attached hydrogens (tertiary/aromatic N) is 1. The Morgan fingerprint density at radius 3 is 2.41 bits per heavy atom. The van der Waals surface area contributed by atoms with Gasteiger partial charge in [0.1, 0.15) is 0 Å². The van der Waals surface area contributed by atoms with E-state index in [1.165, 1.54) is 11.1 Å². The van der Waals surface area contributed by atoms with Crippen molar-refractivity contribution >= 4 is 23.2 Å². The molecule has 0 aliphatic carbocycles. The summed E-state index contributed by atoms with van der Waals surface area (Å²) in [5.41, 5.74) is 3.69. The number of nitrogens with one attached hydrogen (secondary N) is 2. The summed E-state index contributed by atoms with van der Waals surface area (Å²) < 4.78 is 0. The van der Waals surface area contributed by atoms with Crippen LogP contribution in [0, 0.1) is 5.92 Å². The van der Waals surface area contributed by atoms with E-state index in [-0.39, 0.29) is 0 Å². The number of benzene rings is 2. The van der Waals surface area contributed by atoms with E-state index >= 15 is 0 Å². The summed E-state index contributed by atoms with van der Waals surface area (Å²) in [4.78, 5) is 4.45. The highest BCUT2D eigenvalue weighted by atomic mass is 35.5. The van der Waals surface area contributed by atoms with Crippen LogP contribution in [0.4, 0.5) is 0 Å². The predicted octanol–water partition coefficient (Wildman–Crippen LogP) is 5.09. The third-order valence-electron chi connectivity index (χ3n) is 5.71. The second-order valence-corrected chi connectivity index (χ2v) is 8.50. The quantitative estimate of drug-likeness (QED) is 0.553. The van der Waals surface area contributed by atoms with Crippen LogP contribution >= 0.6 is 23.2 Å². The summed E-state index contributed by atoms with van der Waals surface area (Å²) >= 11 is 12.1. The zero-order valence-electron chi connectivity index (χ0n) is 16.2. The monoisotopic (exact) mass is 425 g/mol. The van der Waals surface area contributed by atoms with Crippen LogP contribution < -0.4 is 10.6 Å². The van der Waals surface area contributed by atoms with Gasteiger partial charge in [0, 0.05) is 42.8 Å². The van der Waals surface area contributed by atoms with Gasteiger partial charge in [-0.3, -0.25) is 4.98 Å². The summed E-state index contributed by atoms with van der Waals surface area (Å²) in [6, 6.07) is 23.2. The highest BCUT2D eigenvalue weighted by Crippen LogP contribution is 2.32. The molecule has 0 radical (unpaired) electrons. The fourth-order valence-corrected chi connectivity index (χ4v) is 4.42. The fourth-order valence-electron chi connectivity index (χ4n) is 4.19. The molecule has 0 saturated carbocycles. The van der Waals surface area contributed by atoms with Crippen molar-refractivity contribution in [3.63, 3.8) is 0 Å². The lowest BCUT2D eigenvalue weighted by Gasteiger charge is -2.29. The Morgan fingerprint density at radius 1 is 0.931 bits per heavy atom. The van der Waals surface area contributed by atoms with Crippen LogP contribution in [0.3, 0.4) is 0 Å². The topological polar surface area (TPSA) is 37.0 Å². The summed E-state index contributed by atoms with van der Waals surface area (Å²) in [6.07, 6.45) is 2.68. The van der Waals surface area contributed by atoms with Crippen molar-refractivity contribution in [2.45, 2.75) is 24.9 Å². The van der Waals surface area contributed by atoms with Crippen LogP contribution in [0.15, 0.2) is 72.9 Å². The SMILES string of the molecule is Clc1ccc([C@H]2CNC[C@@H]2C(Cc2ccccc2)NCc2ccc(Cl)cn2)cc1. The first-order chi connectivity index (χ1) is 14.2. The number of rotatable bonds is 7. The second-order valence-electron chi connectivity index (χ2n) is 7.63. The van der Waals surface area contributed by atoms with Crippen molar-refractivity contribution in [1.29, 1.82) is 0 Å². The normalized spacial score (nSPS) is 19.9. The van der Waals surface area contributed by atoms with Crippen molar-refractivity contribution < 1.29 is 0 Å². The number of hydrogen-bond acceptors (Lipinski definition) is 3. The zero-order valence-corrected chi connectivity index (χ0v) is 17.7. The van der Waals surface area contributed by atoms with Crippen LogP contribution in [0.2, 0.25) is 10.0 Å². The van der Waals surface area contributed by atoms with Crippen molar-refractivity contribution in [1.82, 2.24) is 15.6 Å². The average molecular weight is 426 g/mol. The number of hydrogen-bond donors (Lipinski definition) is 2. The van der Waals surface area contributed by atoms with Gasteiger partial charge in [-0.05, 0) is 47.7 Å². The van der Waals surface area contributed by atoms with Crippen molar-refractivity contribution in [3.05, 3.63) is 99.8 Å². The van der Waals surface area contributed by atoms with Crippen LogP contribution in [0.1, 0.15) is 22.7 Å². The van der Waals surface area contributed by atoms with Crippen LogP contribution in [-0.4, -0.2) is 24.1 Å². The maximum absolute atomic E-state index is 6.11. The lowest BCUT2D eigenvalue weighted by atomic mass is 9.81. The van der Waals surface area contributed by atoms with Gasteiger partial charge in [0.15, 0.2) is 0 Å². The minimum absolute atomic E-state index is 0.325. The molecular weight excluding hydrogens is 401 g/mol. The maximum Gasteiger partial charge on any atom is 0.0589 e. The van der Waals surface area contributed by atoms with Gasteiger partial charge >= 0.3 is 0 Å². The molecule has 1 unspecified atom stereocenters. The molecule has 3 nitrogen and oxygen atoms in total. The first-order valence-corrected chi connectivity index (χ1v) is 10.8. The lowest BCUT2D eigenvalue weighted by molar-refractivity contribution is 0.343. The van der Waals surface area contributed by atoms with Crippen molar-refractivity contribution in [2.75, 3.05) is 13.1 Å². The fraction of sp³-hybridized carbons (Fsp3) is 0.292. The molecule has 5 heteroatoms. The molecule has 1 aliphatic heterocycles. The standard InChI is InChI=1S/C24H25Cl2N3/c25-19-8-6-18(7-9-19)22-15-27-16-23(22)24(12-17-4-2-1-3-5-17)29-14-21-11-10-20(26)13-28-21/h1-11,13,22-24,27,29H,12,14-16H2/t22-,23+,24?/m1/s1. The Kier molecular flexibility index (Phi) is 6.83. The van der Waals surface area contributed by atoms with Gasteiger partial charge in [-0.1, -0.05) is 65.7 Å². The molecule has 4 rings (SSSR count). The number of aromatic nitrogens is 1. The Labute approximate surface area is 182 Å². The minimum atomic E-state index is 0.325. The molecule has 0 spiro atoms. The molecule has 29 heavy (non-hydrogen) atoms. The van der Waals surface area contributed by atoms with E-state index in [0.29, 0.717) is 22.9 Å². The van der Waals surface area contributed by atoms with E-state index in [9.17, 15) is 0 Å². The summed E-state index contributed by atoms with van der Waals surface area (Å²) in [5, 5.41) is 8.83. The molecule has 0 bridgehead atoms. The van der Waals surface area contributed by atoms with E-state index in [4.69, 9.17) is 23.2 Å². The lowest BCUT2D eigenvalue weighted by Crippen LogP contribution is -2.41. The Bertz CT molecular complexity index is 898. The van der Waals surface area contributed by atoms with Gasteiger partial charge in [0.05, 0.1) is 10.7 Å². The van der Waals surface area contributed by atoms with Gasteiger partial charge < -0.3 is 10.6 Å². The largest absolute Gasteiger partial charge is 0.316 e. The number of halogens is 2. The van der Waals surface area contributed by atoms with E-state index < -0.39 is 0 Å². The van der Waals surface area contributed by atoms with E-state index in [0.717, 1.165) is 36.8 Å². The molecule has 3 aromatic rings. The minimum Gasteiger partial charge on any atom is -0.316 e. The summed E-state index contributed by atoms with van der Waals surface area (Å²) in [5.74, 6) is 0.926. The first-order valence-electron chi connectivity index (χ1n) is 10.0. The van der Waals surface area contributed by atoms with Crippen molar-refractivity contribution in [2.24, 2.45) is 5.92 Å². The second kappa shape index (κ2) is 9.73. The Balaban J connectivity index is 1.54. The molecule has 1 fully saturated rings. The molecule has 3 atom stereocenters. The third-order valence-corrected chi connectivity index (χ3v) is 6.18. The van der Waals surface area contributed by atoms with E-state index in [1.54, 1.807) is 6.20 Å². The summed E-state index contributed by atoms with van der Waals surface area (Å²) in [7, 11) is 0. The zero-order chi connectivity index (χ0) is 20.1. The highest BCUT2D eigenvalue weighted by Gasteiger charge is 2.34. The van der Waals surface area contributed by atoms with Crippen molar-refractivity contribution in [3.8, 4) is 0 Å². The van der Waals surface area contributed by atoms with Gasteiger partial charge in [0.25, 0.3) is 0 Å². The average Bonchev–Trinajstić information content (AvgIpc) is 3.23. The van der Waals surface area contributed by atoms with E-state index in [2.05, 4.69) is 58.1 Å². The molecule has 2 N–H and O–H groups in total. The smallest absolute Gasteiger partial charge is 0.0589 e. The molecule has 0 amide bonds. The van der Waals surface area contributed by atoms with Crippen LogP contribution in [0.5, 0.6) is 0 Å². The van der Waals surface area contributed by atoms with Gasteiger partial charge in [-0.25, -0.2) is 0 Å². The molecule has 2 aromatic carbocycles. The van der Waals surface area contributed by atoms with Gasteiger partial charge in [-0.2, -0.15) is 0 Å². The van der Waals surface area contributed by atoms with Crippen LogP contribution in [-0.2, 0) is 13.0 Å². The van der Waals surface area contributed by atoms with Gasteiger partial charge in [-0.15, -0.1) is 0 Å². The third kappa shape index (κ3) is 5.37. The highest BCUT2D eigenvalue weighted by molar-refractivity contribution is 6.30. The van der Waals surface area contributed by atoms with E-state index in [1.807, 2.05) is 24.3 Å². The molecular formula is C24H25Cl2N3. The van der Waals surface area contributed by atoms with Crippen LogP contribution in [0.25, 0.3) is 0 Å². The summed E-state index contributed by atoms with van der Waals surface area (Å²) in [6.45, 7) is 2.70. The molecule has 1 saturated heterocycles.